The molecule has 0 aliphatic carbocycles. The highest BCUT2D eigenvalue weighted by Gasteiger charge is 2.24. The van der Waals surface area contributed by atoms with Crippen molar-refractivity contribution in [3.63, 3.8) is 0 Å². The molecule has 1 aromatic heterocycles. The molecule has 128 valence electrons. The summed E-state index contributed by atoms with van der Waals surface area (Å²) in [5, 5.41) is 3.65. The Morgan fingerprint density at radius 3 is 2.71 bits per heavy atom. The Bertz CT molecular complexity index is 679. The van der Waals surface area contributed by atoms with Crippen molar-refractivity contribution in [2.45, 2.75) is 32.2 Å². The van der Waals surface area contributed by atoms with Crippen molar-refractivity contribution >= 4 is 28.9 Å². The Morgan fingerprint density at radius 1 is 1.33 bits per heavy atom. The average molecular weight is 365 g/mol. The number of rotatable bonds is 5. The molecular weight excluding hydrogens is 344 g/mol. The molecule has 1 aliphatic heterocycles. The van der Waals surface area contributed by atoms with Crippen molar-refractivity contribution < 1.29 is 9.53 Å². The van der Waals surface area contributed by atoms with Crippen LogP contribution < -0.4 is 0 Å². The number of benzene rings is 1. The van der Waals surface area contributed by atoms with E-state index in [-0.39, 0.29) is 5.97 Å². The minimum atomic E-state index is -0.319. The van der Waals surface area contributed by atoms with E-state index in [1.807, 2.05) is 24.4 Å². The maximum absolute atomic E-state index is 11.7. The number of carbonyl (C=O) groups is 1. The summed E-state index contributed by atoms with van der Waals surface area (Å²) in [5.41, 5.74) is 1.73. The van der Waals surface area contributed by atoms with Crippen LogP contribution in [0.5, 0.6) is 0 Å². The van der Waals surface area contributed by atoms with Crippen molar-refractivity contribution in [2.75, 3.05) is 19.7 Å². The minimum Gasteiger partial charge on any atom is -0.461 e. The minimum absolute atomic E-state index is 0.319. The van der Waals surface area contributed by atoms with Crippen LogP contribution in [0.15, 0.2) is 29.6 Å². The molecule has 6 heteroatoms. The third-order valence-electron chi connectivity index (χ3n) is 4.26. The van der Waals surface area contributed by atoms with Crippen LogP contribution in [0.2, 0.25) is 5.02 Å². The van der Waals surface area contributed by atoms with Gasteiger partial charge < -0.3 is 4.74 Å². The van der Waals surface area contributed by atoms with E-state index in [4.69, 9.17) is 16.3 Å². The highest BCUT2D eigenvalue weighted by Crippen LogP contribution is 2.31. The van der Waals surface area contributed by atoms with Gasteiger partial charge in [-0.2, -0.15) is 0 Å². The number of halogens is 1. The molecule has 4 nitrogen and oxygen atoms in total. The lowest BCUT2D eigenvalue weighted by atomic mass is 9.97. The maximum Gasteiger partial charge on any atom is 0.357 e. The van der Waals surface area contributed by atoms with Gasteiger partial charge in [-0.15, -0.1) is 11.3 Å². The van der Waals surface area contributed by atoms with Gasteiger partial charge in [0, 0.05) is 22.9 Å². The summed E-state index contributed by atoms with van der Waals surface area (Å²) >= 11 is 7.50. The number of thiazole rings is 1. The first-order valence-electron chi connectivity index (χ1n) is 8.25. The monoisotopic (exact) mass is 364 g/mol. The predicted molar refractivity (Wildman–Crippen MR) is 96.8 cm³/mol. The van der Waals surface area contributed by atoms with E-state index in [1.54, 1.807) is 11.3 Å². The largest absolute Gasteiger partial charge is 0.461 e. The van der Waals surface area contributed by atoms with E-state index < -0.39 is 0 Å². The van der Waals surface area contributed by atoms with Gasteiger partial charge in [0.05, 0.1) is 11.6 Å². The number of piperidine rings is 1. The summed E-state index contributed by atoms with van der Waals surface area (Å²) in [6.07, 6.45) is 2.15. The van der Waals surface area contributed by atoms with Gasteiger partial charge in [0.15, 0.2) is 5.69 Å². The normalized spacial score (nSPS) is 16.2. The second kappa shape index (κ2) is 8.10. The van der Waals surface area contributed by atoms with Gasteiger partial charge in [0.2, 0.25) is 0 Å². The average Bonchev–Trinajstić information content (AvgIpc) is 3.08. The van der Waals surface area contributed by atoms with Gasteiger partial charge in [-0.05, 0) is 50.6 Å². The fourth-order valence-corrected chi connectivity index (χ4v) is 4.05. The zero-order valence-electron chi connectivity index (χ0n) is 13.7. The van der Waals surface area contributed by atoms with Gasteiger partial charge in [0.25, 0.3) is 0 Å². The number of nitrogens with zero attached hydrogens (tertiary/aromatic N) is 2. The smallest absolute Gasteiger partial charge is 0.357 e. The van der Waals surface area contributed by atoms with Crippen molar-refractivity contribution in [3.05, 3.63) is 50.9 Å². The van der Waals surface area contributed by atoms with Gasteiger partial charge >= 0.3 is 5.97 Å². The van der Waals surface area contributed by atoms with Crippen LogP contribution in [0.25, 0.3) is 0 Å². The number of hydrogen-bond acceptors (Lipinski definition) is 5. The Hall–Kier alpha value is -1.43. The van der Waals surface area contributed by atoms with Crippen LogP contribution in [-0.2, 0) is 11.3 Å². The Kier molecular flexibility index (Phi) is 5.87. The molecule has 2 heterocycles. The fourth-order valence-electron chi connectivity index (χ4n) is 2.96. The van der Waals surface area contributed by atoms with Crippen molar-refractivity contribution in [2.24, 2.45) is 0 Å². The number of ether oxygens (including phenoxy) is 1. The number of esters is 1. The van der Waals surface area contributed by atoms with Crippen molar-refractivity contribution in [3.8, 4) is 0 Å². The molecule has 1 fully saturated rings. The molecule has 1 aliphatic rings. The first kappa shape index (κ1) is 17.4. The van der Waals surface area contributed by atoms with E-state index in [9.17, 15) is 4.79 Å². The molecule has 0 unspecified atom stereocenters. The molecule has 0 amide bonds. The van der Waals surface area contributed by atoms with E-state index in [0.29, 0.717) is 18.2 Å². The number of likely N-dealkylation sites (tertiary alicyclic amines) is 1. The molecule has 0 saturated carbocycles. The molecule has 1 aromatic carbocycles. The quantitative estimate of drug-likeness (QED) is 0.739. The molecule has 0 spiro atoms. The Balaban J connectivity index is 1.53. The summed E-state index contributed by atoms with van der Waals surface area (Å²) in [6, 6.07) is 8.05. The summed E-state index contributed by atoms with van der Waals surface area (Å²) in [5.74, 6) is 0.125. The molecule has 3 rings (SSSR count). The van der Waals surface area contributed by atoms with Crippen LogP contribution in [0.1, 0.15) is 46.7 Å². The van der Waals surface area contributed by atoms with Gasteiger partial charge in [0.1, 0.15) is 0 Å². The summed E-state index contributed by atoms with van der Waals surface area (Å²) in [7, 11) is 0. The molecule has 2 aromatic rings. The molecule has 0 radical (unpaired) electrons. The standard InChI is InChI=1S/C18H21ClN2O2S/c1-2-23-18(22)16-12-24-17(20-16)14-7-9-21(10-8-14)11-13-3-5-15(19)6-4-13/h3-6,12,14H,2,7-11H2,1H3. The van der Waals surface area contributed by atoms with E-state index >= 15 is 0 Å². The SMILES string of the molecule is CCOC(=O)c1csc(C2CCN(Cc3ccc(Cl)cc3)CC2)n1. The molecular formula is C18H21ClN2O2S. The van der Waals surface area contributed by atoms with Crippen LogP contribution >= 0.6 is 22.9 Å². The topological polar surface area (TPSA) is 42.4 Å². The summed E-state index contributed by atoms with van der Waals surface area (Å²) < 4.78 is 5.01. The Morgan fingerprint density at radius 2 is 2.04 bits per heavy atom. The van der Waals surface area contributed by atoms with Gasteiger partial charge in [-0.3, -0.25) is 4.90 Å². The van der Waals surface area contributed by atoms with Crippen molar-refractivity contribution in [1.29, 1.82) is 0 Å². The first-order valence-corrected chi connectivity index (χ1v) is 9.51. The molecule has 1 saturated heterocycles. The molecule has 0 bridgehead atoms. The predicted octanol–water partition coefficient (Wildman–Crippen LogP) is 4.35. The molecule has 0 atom stereocenters. The van der Waals surface area contributed by atoms with E-state index in [2.05, 4.69) is 22.0 Å². The third kappa shape index (κ3) is 4.35. The number of carbonyl (C=O) groups excluding carboxylic acids is 1. The zero-order chi connectivity index (χ0) is 16.9. The zero-order valence-corrected chi connectivity index (χ0v) is 15.3. The van der Waals surface area contributed by atoms with Crippen LogP contribution in [0.3, 0.4) is 0 Å². The van der Waals surface area contributed by atoms with E-state index in [1.165, 1.54) is 5.56 Å². The molecule has 24 heavy (non-hydrogen) atoms. The number of aromatic nitrogens is 1. The number of hydrogen-bond donors (Lipinski definition) is 0. The van der Waals surface area contributed by atoms with Crippen LogP contribution in [-0.4, -0.2) is 35.5 Å². The van der Waals surface area contributed by atoms with Gasteiger partial charge in [-0.1, -0.05) is 23.7 Å². The highest BCUT2D eigenvalue weighted by atomic mass is 35.5. The Labute approximate surface area is 151 Å². The lowest BCUT2D eigenvalue weighted by Gasteiger charge is -2.31. The second-order valence-electron chi connectivity index (χ2n) is 5.97. The summed E-state index contributed by atoms with van der Waals surface area (Å²) in [4.78, 5) is 18.7. The van der Waals surface area contributed by atoms with Crippen molar-refractivity contribution in [1.82, 2.24) is 9.88 Å². The highest BCUT2D eigenvalue weighted by molar-refractivity contribution is 7.09. The second-order valence-corrected chi connectivity index (χ2v) is 7.29. The van der Waals surface area contributed by atoms with E-state index in [0.717, 1.165) is 42.5 Å². The molecule has 0 N–H and O–H groups in total. The van der Waals surface area contributed by atoms with Gasteiger partial charge in [-0.25, -0.2) is 9.78 Å². The maximum atomic E-state index is 11.7. The summed E-state index contributed by atoms with van der Waals surface area (Å²) in [6.45, 7) is 5.23. The first-order chi connectivity index (χ1) is 11.7. The lowest BCUT2D eigenvalue weighted by Crippen LogP contribution is -2.32. The van der Waals surface area contributed by atoms with Crippen LogP contribution in [0.4, 0.5) is 0 Å². The van der Waals surface area contributed by atoms with Crippen LogP contribution in [0, 0.1) is 0 Å². The third-order valence-corrected chi connectivity index (χ3v) is 5.52. The lowest BCUT2D eigenvalue weighted by molar-refractivity contribution is 0.0520. The fraction of sp³-hybridized carbons (Fsp3) is 0.444.